The maximum atomic E-state index is 11.6. The number of nitrogen functional groups attached to an aromatic ring is 1. The standard InChI is InChI=1S/C10H19N5O/c1-6-7(11)8(15(5)14-6)12-9(16)13-10(2,3)4/h11H2,1-5H3,(H2,12,13,16). The topological polar surface area (TPSA) is 85.0 Å². The maximum Gasteiger partial charge on any atom is 0.320 e. The average Bonchev–Trinajstić information content (AvgIpc) is 2.29. The minimum atomic E-state index is -0.290. The van der Waals surface area contributed by atoms with Gasteiger partial charge in [0, 0.05) is 12.6 Å². The van der Waals surface area contributed by atoms with Crippen LogP contribution in [-0.2, 0) is 7.05 Å². The van der Waals surface area contributed by atoms with Crippen molar-refractivity contribution in [2.24, 2.45) is 7.05 Å². The van der Waals surface area contributed by atoms with E-state index in [0.717, 1.165) is 0 Å². The van der Waals surface area contributed by atoms with Gasteiger partial charge < -0.3 is 11.1 Å². The van der Waals surface area contributed by atoms with Crippen molar-refractivity contribution < 1.29 is 4.79 Å². The van der Waals surface area contributed by atoms with Crippen LogP contribution in [0.3, 0.4) is 0 Å². The summed E-state index contributed by atoms with van der Waals surface area (Å²) in [6.07, 6.45) is 0. The fourth-order valence-electron chi connectivity index (χ4n) is 1.30. The van der Waals surface area contributed by atoms with Gasteiger partial charge in [-0.25, -0.2) is 4.79 Å². The molecule has 1 aromatic heterocycles. The summed E-state index contributed by atoms with van der Waals surface area (Å²) in [4.78, 5) is 11.6. The molecule has 0 bridgehead atoms. The molecule has 0 unspecified atom stereocenters. The van der Waals surface area contributed by atoms with Crippen LogP contribution in [0.15, 0.2) is 0 Å². The van der Waals surface area contributed by atoms with E-state index in [9.17, 15) is 4.79 Å². The van der Waals surface area contributed by atoms with E-state index in [0.29, 0.717) is 17.2 Å². The third-order valence-electron chi connectivity index (χ3n) is 1.99. The fraction of sp³-hybridized carbons (Fsp3) is 0.600. The Labute approximate surface area is 95.2 Å². The molecule has 4 N–H and O–H groups in total. The summed E-state index contributed by atoms with van der Waals surface area (Å²) in [7, 11) is 1.73. The van der Waals surface area contributed by atoms with Crippen molar-refractivity contribution in [1.82, 2.24) is 15.1 Å². The predicted octanol–water partition coefficient (Wildman–Crippen LogP) is 1.23. The van der Waals surface area contributed by atoms with Gasteiger partial charge in [-0.1, -0.05) is 0 Å². The van der Waals surface area contributed by atoms with E-state index in [1.165, 1.54) is 0 Å². The molecule has 6 heteroatoms. The maximum absolute atomic E-state index is 11.6. The zero-order valence-corrected chi connectivity index (χ0v) is 10.4. The van der Waals surface area contributed by atoms with Gasteiger partial charge in [-0.15, -0.1) is 0 Å². The Kier molecular flexibility index (Phi) is 3.11. The molecule has 2 amide bonds. The molecule has 0 radical (unpaired) electrons. The van der Waals surface area contributed by atoms with Gasteiger partial charge in [0.2, 0.25) is 0 Å². The molecule has 0 spiro atoms. The van der Waals surface area contributed by atoms with E-state index in [1.807, 2.05) is 20.8 Å². The molecule has 0 atom stereocenters. The average molecular weight is 225 g/mol. The first-order chi connectivity index (χ1) is 7.20. The Morgan fingerprint density at radius 3 is 2.38 bits per heavy atom. The number of carbonyl (C=O) groups is 1. The van der Waals surface area contributed by atoms with Gasteiger partial charge in [0.25, 0.3) is 0 Å². The van der Waals surface area contributed by atoms with Gasteiger partial charge in [-0.3, -0.25) is 10.00 Å². The first-order valence-corrected chi connectivity index (χ1v) is 5.09. The number of nitrogens with two attached hydrogens (primary N) is 1. The van der Waals surface area contributed by atoms with Gasteiger partial charge in [0.1, 0.15) is 0 Å². The second-order valence-corrected chi connectivity index (χ2v) is 4.80. The van der Waals surface area contributed by atoms with Crippen LogP contribution in [0.2, 0.25) is 0 Å². The highest BCUT2D eigenvalue weighted by Crippen LogP contribution is 2.20. The van der Waals surface area contributed by atoms with Crippen molar-refractivity contribution in [3.05, 3.63) is 5.69 Å². The summed E-state index contributed by atoms with van der Waals surface area (Å²) < 4.78 is 1.55. The Morgan fingerprint density at radius 2 is 2.00 bits per heavy atom. The van der Waals surface area contributed by atoms with E-state index in [2.05, 4.69) is 15.7 Å². The normalized spacial score (nSPS) is 11.3. The number of amides is 2. The lowest BCUT2D eigenvalue weighted by atomic mass is 10.1. The number of hydrogen-bond donors (Lipinski definition) is 3. The molecule has 1 heterocycles. The molecular weight excluding hydrogens is 206 g/mol. The van der Waals surface area contributed by atoms with Gasteiger partial charge in [0.15, 0.2) is 5.82 Å². The van der Waals surface area contributed by atoms with Gasteiger partial charge in [0.05, 0.1) is 11.4 Å². The van der Waals surface area contributed by atoms with E-state index in [-0.39, 0.29) is 11.6 Å². The first-order valence-electron chi connectivity index (χ1n) is 5.09. The molecule has 0 aromatic carbocycles. The molecular formula is C10H19N5O. The summed E-state index contributed by atoms with van der Waals surface area (Å²) in [5.74, 6) is 0.513. The van der Waals surface area contributed by atoms with E-state index in [4.69, 9.17) is 5.73 Å². The molecule has 90 valence electrons. The molecule has 0 aliphatic carbocycles. The predicted molar refractivity (Wildman–Crippen MR) is 64.3 cm³/mol. The minimum Gasteiger partial charge on any atom is -0.394 e. The van der Waals surface area contributed by atoms with Crippen molar-refractivity contribution >= 4 is 17.5 Å². The Morgan fingerprint density at radius 1 is 1.44 bits per heavy atom. The Balaban J connectivity index is 2.78. The highest BCUT2D eigenvalue weighted by atomic mass is 16.2. The highest BCUT2D eigenvalue weighted by molar-refractivity contribution is 5.92. The summed E-state index contributed by atoms with van der Waals surface area (Å²) in [6, 6.07) is -0.290. The fourth-order valence-corrected chi connectivity index (χ4v) is 1.30. The highest BCUT2D eigenvalue weighted by Gasteiger charge is 2.17. The molecule has 1 rings (SSSR count). The van der Waals surface area contributed by atoms with Crippen molar-refractivity contribution in [3.63, 3.8) is 0 Å². The number of hydrogen-bond acceptors (Lipinski definition) is 3. The summed E-state index contributed by atoms with van der Waals surface area (Å²) in [5, 5.41) is 9.58. The summed E-state index contributed by atoms with van der Waals surface area (Å²) >= 11 is 0. The van der Waals surface area contributed by atoms with Crippen molar-refractivity contribution in [3.8, 4) is 0 Å². The number of aryl methyl sites for hydroxylation is 2. The van der Waals surface area contributed by atoms with Crippen LogP contribution in [0.4, 0.5) is 16.3 Å². The first kappa shape index (κ1) is 12.4. The number of carbonyl (C=O) groups excluding carboxylic acids is 1. The quantitative estimate of drug-likeness (QED) is 0.672. The number of aromatic nitrogens is 2. The molecule has 16 heavy (non-hydrogen) atoms. The van der Waals surface area contributed by atoms with E-state index >= 15 is 0 Å². The van der Waals surface area contributed by atoms with Crippen molar-refractivity contribution in [1.29, 1.82) is 0 Å². The molecule has 0 saturated heterocycles. The second-order valence-electron chi connectivity index (χ2n) is 4.80. The monoisotopic (exact) mass is 225 g/mol. The zero-order chi connectivity index (χ0) is 12.5. The van der Waals surface area contributed by atoms with Crippen LogP contribution in [-0.4, -0.2) is 21.4 Å². The van der Waals surface area contributed by atoms with Gasteiger partial charge in [-0.2, -0.15) is 5.10 Å². The lowest BCUT2D eigenvalue weighted by molar-refractivity contribution is 0.243. The van der Waals surface area contributed by atoms with Crippen LogP contribution < -0.4 is 16.4 Å². The molecule has 1 aromatic rings. The molecule has 0 saturated carbocycles. The summed E-state index contributed by atoms with van der Waals surface area (Å²) in [5.41, 5.74) is 6.70. The van der Waals surface area contributed by atoms with Crippen LogP contribution in [0, 0.1) is 6.92 Å². The smallest absolute Gasteiger partial charge is 0.320 e. The minimum absolute atomic E-state index is 0.285. The number of rotatable bonds is 1. The van der Waals surface area contributed by atoms with Crippen molar-refractivity contribution in [2.75, 3.05) is 11.1 Å². The Bertz CT molecular complexity index is 402. The lowest BCUT2D eigenvalue weighted by Crippen LogP contribution is -2.43. The largest absolute Gasteiger partial charge is 0.394 e. The summed E-state index contributed by atoms with van der Waals surface area (Å²) in [6.45, 7) is 7.52. The number of nitrogens with zero attached hydrogens (tertiary/aromatic N) is 2. The molecule has 0 aliphatic heterocycles. The molecule has 6 nitrogen and oxygen atoms in total. The Hall–Kier alpha value is -1.72. The zero-order valence-electron chi connectivity index (χ0n) is 10.4. The number of nitrogens with one attached hydrogen (secondary N) is 2. The van der Waals surface area contributed by atoms with Crippen molar-refractivity contribution in [2.45, 2.75) is 33.2 Å². The number of urea groups is 1. The van der Waals surface area contributed by atoms with E-state index < -0.39 is 0 Å². The van der Waals surface area contributed by atoms with Gasteiger partial charge >= 0.3 is 6.03 Å². The van der Waals surface area contributed by atoms with E-state index in [1.54, 1.807) is 18.7 Å². The van der Waals surface area contributed by atoms with Crippen LogP contribution in [0.25, 0.3) is 0 Å². The third kappa shape index (κ3) is 2.88. The lowest BCUT2D eigenvalue weighted by Gasteiger charge is -2.20. The van der Waals surface area contributed by atoms with Gasteiger partial charge in [-0.05, 0) is 27.7 Å². The van der Waals surface area contributed by atoms with Crippen LogP contribution in [0.1, 0.15) is 26.5 Å². The SMILES string of the molecule is Cc1nn(C)c(NC(=O)NC(C)(C)C)c1N. The third-order valence-corrected chi connectivity index (χ3v) is 1.99. The van der Waals surface area contributed by atoms with Crippen LogP contribution in [0.5, 0.6) is 0 Å². The molecule has 0 aliphatic rings. The molecule has 0 fully saturated rings. The second kappa shape index (κ2) is 4.03. The van der Waals surface area contributed by atoms with Crippen LogP contribution >= 0.6 is 0 Å². The number of anilines is 2.